The van der Waals surface area contributed by atoms with Gasteiger partial charge in [-0.25, -0.2) is 0 Å². The van der Waals surface area contributed by atoms with Crippen molar-refractivity contribution in [3.05, 3.63) is 29.8 Å². The van der Waals surface area contributed by atoms with Crippen LogP contribution in [0.3, 0.4) is 0 Å². The van der Waals surface area contributed by atoms with Crippen molar-refractivity contribution < 1.29 is 14.3 Å². The highest BCUT2D eigenvalue weighted by Gasteiger charge is 2.12. The molecule has 0 saturated heterocycles. The molecule has 0 aliphatic carbocycles. The first-order chi connectivity index (χ1) is 8.90. The Balaban J connectivity index is 2.39. The summed E-state index contributed by atoms with van der Waals surface area (Å²) in [6.45, 7) is 8.90. The van der Waals surface area contributed by atoms with Crippen LogP contribution in [-0.2, 0) is 16.1 Å². The van der Waals surface area contributed by atoms with E-state index in [4.69, 9.17) is 9.47 Å². The minimum Gasteiger partial charge on any atom is -0.494 e. The Bertz CT molecular complexity index is 410. The maximum Gasteiger partial charge on any atom is 0.246 e. The van der Waals surface area contributed by atoms with E-state index in [9.17, 15) is 4.79 Å². The summed E-state index contributed by atoms with van der Waals surface area (Å²) in [4.78, 5) is 11.6. The lowest BCUT2D eigenvalue weighted by Crippen LogP contribution is -2.31. The second kappa shape index (κ2) is 7.14. The molecule has 0 radical (unpaired) electrons. The van der Waals surface area contributed by atoms with Crippen LogP contribution < -0.4 is 10.1 Å². The van der Waals surface area contributed by atoms with E-state index in [-0.39, 0.29) is 18.1 Å². The first kappa shape index (κ1) is 15.5. The number of amides is 1. The molecule has 0 aliphatic heterocycles. The van der Waals surface area contributed by atoms with Crippen LogP contribution in [0, 0.1) is 0 Å². The molecule has 1 N–H and O–H groups in total. The van der Waals surface area contributed by atoms with E-state index >= 15 is 0 Å². The van der Waals surface area contributed by atoms with Crippen LogP contribution in [0.4, 0.5) is 0 Å². The Morgan fingerprint density at radius 2 is 2.05 bits per heavy atom. The standard InChI is InChI=1S/C15H23NO3/c1-5-18-13-8-6-7-12(9-13)10-16-14(17)11-19-15(2,3)4/h6-9H,5,10-11H2,1-4H3,(H,16,17). The van der Waals surface area contributed by atoms with Crippen molar-refractivity contribution in [2.24, 2.45) is 0 Å². The Hall–Kier alpha value is -1.55. The number of rotatable bonds is 6. The summed E-state index contributed by atoms with van der Waals surface area (Å²) in [5.74, 6) is 0.705. The highest BCUT2D eigenvalue weighted by molar-refractivity contribution is 5.77. The van der Waals surface area contributed by atoms with E-state index in [2.05, 4.69) is 5.32 Å². The zero-order valence-corrected chi connectivity index (χ0v) is 12.2. The van der Waals surface area contributed by atoms with Gasteiger partial charge in [-0.2, -0.15) is 0 Å². The van der Waals surface area contributed by atoms with Gasteiger partial charge < -0.3 is 14.8 Å². The SMILES string of the molecule is CCOc1cccc(CNC(=O)COC(C)(C)C)c1. The molecule has 0 fully saturated rings. The van der Waals surface area contributed by atoms with Gasteiger partial charge in [-0.1, -0.05) is 12.1 Å². The third kappa shape index (κ3) is 6.82. The van der Waals surface area contributed by atoms with Gasteiger partial charge in [-0.3, -0.25) is 4.79 Å². The summed E-state index contributed by atoms with van der Waals surface area (Å²) in [5, 5.41) is 2.82. The fraction of sp³-hybridized carbons (Fsp3) is 0.533. The van der Waals surface area contributed by atoms with E-state index in [0.717, 1.165) is 11.3 Å². The first-order valence-electron chi connectivity index (χ1n) is 6.53. The lowest BCUT2D eigenvalue weighted by molar-refractivity contribution is -0.130. The molecule has 1 aromatic rings. The number of carbonyl (C=O) groups is 1. The molecule has 0 spiro atoms. The molecule has 4 heteroatoms. The van der Waals surface area contributed by atoms with Crippen LogP contribution in [0.15, 0.2) is 24.3 Å². The van der Waals surface area contributed by atoms with Crippen molar-refractivity contribution in [3.63, 3.8) is 0 Å². The molecule has 0 unspecified atom stereocenters. The lowest BCUT2D eigenvalue weighted by Gasteiger charge is -2.19. The Morgan fingerprint density at radius 3 is 2.68 bits per heavy atom. The molecule has 0 aliphatic rings. The maximum absolute atomic E-state index is 11.6. The molecule has 1 amide bonds. The smallest absolute Gasteiger partial charge is 0.246 e. The Kier molecular flexibility index (Phi) is 5.83. The molecule has 0 aromatic heterocycles. The Labute approximate surface area is 115 Å². The van der Waals surface area contributed by atoms with Crippen molar-refractivity contribution in [1.82, 2.24) is 5.32 Å². The number of carbonyl (C=O) groups excluding carboxylic acids is 1. The van der Waals surface area contributed by atoms with E-state index in [1.807, 2.05) is 52.0 Å². The average molecular weight is 265 g/mol. The summed E-state index contributed by atoms with van der Waals surface area (Å²) >= 11 is 0. The molecule has 0 atom stereocenters. The van der Waals surface area contributed by atoms with Gasteiger partial charge in [0.25, 0.3) is 0 Å². The van der Waals surface area contributed by atoms with Gasteiger partial charge in [0.15, 0.2) is 0 Å². The van der Waals surface area contributed by atoms with Crippen LogP contribution in [0.1, 0.15) is 33.3 Å². The van der Waals surface area contributed by atoms with E-state index in [0.29, 0.717) is 13.2 Å². The van der Waals surface area contributed by atoms with Crippen molar-refractivity contribution in [2.45, 2.75) is 39.8 Å². The van der Waals surface area contributed by atoms with Crippen LogP contribution in [0.25, 0.3) is 0 Å². The van der Waals surface area contributed by atoms with E-state index in [1.165, 1.54) is 0 Å². The molecular formula is C15H23NO3. The quantitative estimate of drug-likeness (QED) is 0.859. The third-order valence-electron chi connectivity index (χ3n) is 2.34. The molecule has 0 bridgehead atoms. The minimum absolute atomic E-state index is 0.0780. The number of hydrogen-bond donors (Lipinski definition) is 1. The van der Waals surface area contributed by atoms with Crippen LogP contribution >= 0.6 is 0 Å². The molecule has 1 rings (SSSR count). The van der Waals surface area contributed by atoms with Gasteiger partial charge in [-0.05, 0) is 45.4 Å². The van der Waals surface area contributed by atoms with Crippen molar-refractivity contribution in [3.8, 4) is 5.75 Å². The van der Waals surface area contributed by atoms with Gasteiger partial charge >= 0.3 is 0 Å². The highest BCUT2D eigenvalue weighted by Crippen LogP contribution is 2.13. The second-order valence-electron chi connectivity index (χ2n) is 5.26. The van der Waals surface area contributed by atoms with E-state index < -0.39 is 0 Å². The first-order valence-corrected chi connectivity index (χ1v) is 6.53. The van der Waals surface area contributed by atoms with Crippen LogP contribution in [0.5, 0.6) is 5.75 Å². The monoisotopic (exact) mass is 265 g/mol. The molecule has 19 heavy (non-hydrogen) atoms. The lowest BCUT2D eigenvalue weighted by atomic mass is 10.2. The summed E-state index contributed by atoms with van der Waals surface area (Å²) in [5.41, 5.74) is 0.710. The minimum atomic E-state index is -0.299. The van der Waals surface area contributed by atoms with Crippen LogP contribution in [0.2, 0.25) is 0 Å². The van der Waals surface area contributed by atoms with Gasteiger partial charge in [0.05, 0.1) is 12.2 Å². The number of nitrogens with one attached hydrogen (secondary N) is 1. The zero-order valence-electron chi connectivity index (χ0n) is 12.2. The van der Waals surface area contributed by atoms with E-state index in [1.54, 1.807) is 0 Å². The van der Waals surface area contributed by atoms with Gasteiger partial charge in [-0.15, -0.1) is 0 Å². The zero-order chi connectivity index (χ0) is 14.3. The normalized spacial score (nSPS) is 11.2. The summed E-state index contributed by atoms with van der Waals surface area (Å²) in [7, 11) is 0. The summed E-state index contributed by atoms with van der Waals surface area (Å²) < 4.78 is 10.8. The predicted octanol–water partition coefficient (Wildman–Crippen LogP) is 2.52. The van der Waals surface area contributed by atoms with Gasteiger partial charge in [0.2, 0.25) is 5.91 Å². The second-order valence-corrected chi connectivity index (χ2v) is 5.26. The molecular weight excluding hydrogens is 242 g/mol. The topological polar surface area (TPSA) is 47.6 Å². The van der Waals surface area contributed by atoms with Crippen molar-refractivity contribution in [1.29, 1.82) is 0 Å². The fourth-order valence-electron chi connectivity index (χ4n) is 1.45. The molecule has 0 saturated carbocycles. The number of benzene rings is 1. The molecule has 1 aromatic carbocycles. The van der Waals surface area contributed by atoms with Crippen LogP contribution in [-0.4, -0.2) is 24.7 Å². The Morgan fingerprint density at radius 1 is 1.32 bits per heavy atom. The number of ether oxygens (including phenoxy) is 2. The van der Waals surface area contributed by atoms with Crippen molar-refractivity contribution >= 4 is 5.91 Å². The summed E-state index contributed by atoms with van der Waals surface area (Å²) in [6, 6.07) is 7.69. The predicted molar refractivity (Wildman–Crippen MR) is 75.2 cm³/mol. The van der Waals surface area contributed by atoms with Gasteiger partial charge in [0.1, 0.15) is 12.4 Å². The van der Waals surface area contributed by atoms with Gasteiger partial charge in [0, 0.05) is 6.54 Å². The fourth-order valence-corrected chi connectivity index (χ4v) is 1.45. The average Bonchev–Trinajstić information content (AvgIpc) is 2.34. The maximum atomic E-state index is 11.6. The van der Waals surface area contributed by atoms with Crippen molar-refractivity contribution in [2.75, 3.05) is 13.2 Å². The third-order valence-corrected chi connectivity index (χ3v) is 2.34. The molecule has 4 nitrogen and oxygen atoms in total. The summed E-state index contributed by atoms with van der Waals surface area (Å²) in [6.07, 6.45) is 0. The largest absolute Gasteiger partial charge is 0.494 e. The molecule has 0 heterocycles. The molecule has 106 valence electrons. The number of hydrogen-bond acceptors (Lipinski definition) is 3. The highest BCUT2D eigenvalue weighted by atomic mass is 16.5.